The smallest absolute Gasteiger partial charge is 0.127 e. The van der Waals surface area contributed by atoms with Crippen LogP contribution in [0.1, 0.15) is 13.8 Å². The minimum Gasteiger partial charge on any atom is -0.507 e. The maximum atomic E-state index is 9.85. The molecule has 20 heavy (non-hydrogen) atoms. The Hall–Kier alpha value is -1.78. The van der Waals surface area contributed by atoms with E-state index < -0.39 is 6.10 Å². The number of aromatic hydroxyl groups is 1. The first-order chi connectivity index (χ1) is 9.58. The second kappa shape index (κ2) is 6.59. The summed E-state index contributed by atoms with van der Waals surface area (Å²) in [6.45, 7) is 4.77. The minimum atomic E-state index is -0.565. The fourth-order valence-electron chi connectivity index (χ4n) is 2.00. The summed E-state index contributed by atoms with van der Waals surface area (Å²) in [5.41, 5.74) is 0. The Labute approximate surface area is 119 Å². The van der Waals surface area contributed by atoms with Gasteiger partial charge in [-0.1, -0.05) is 38.1 Å². The number of aliphatic hydroxyl groups excluding tert-OH is 1. The molecule has 1 atom stereocenters. The van der Waals surface area contributed by atoms with Gasteiger partial charge in [-0.25, -0.2) is 0 Å². The van der Waals surface area contributed by atoms with E-state index in [2.05, 4.69) is 5.32 Å². The standard InChI is InChI=1S/C16H21NO3/c1-11(2)17-9-12(18)10-20-16-8-7-15(19)13-5-3-4-6-14(13)16/h3-8,11-12,17-19H,9-10H2,1-2H3. The molecule has 0 heterocycles. The Kier molecular flexibility index (Phi) is 4.82. The summed E-state index contributed by atoms with van der Waals surface area (Å²) in [4.78, 5) is 0. The van der Waals surface area contributed by atoms with Crippen molar-refractivity contribution >= 4 is 10.8 Å². The van der Waals surface area contributed by atoms with Crippen LogP contribution in [0.25, 0.3) is 10.8 Å². The van der Waals surface area contributed by atoms with Crippen LogP contribution in [0.2, 0.25) is 0 Å². The fraction of sp³-hybridized carbons (Fsp3) is 0.375. The van der Waals surface area contributed by atoms with E-state index in [0.29, 0.717) is 18.3 Å². The molecule has 108 valence electrons. The molecule has 0 aliphatic rings. The monoisotopic (exact) mass is 275 g/mol. The summed E-state index contributed by atoms with van der Waals surface area (Å²) in [6, 6.07) is 11.2. The molecule has 0 amide bonds. The lowest BCUT2D eigenvalue weighted by atomic mass is 10.1. The van der Waals surface area contributed by atoms with E-state index in [1.807, 2.05) is 38.1 Å². The third-order valence-corrected chi connectivity index (χ3v) is 3.05. The molecule has 0 saturated carbocycles. The first kappa shape index (κ1) is 14.6. The van der Waals surface area contributed by atoms with Gasteiger partial charge in [-0.05, 0) is 12.1 Å². The topological polar surface area (TPSA) is 61.7 Å². The van der Waals surface area contributed by atoms with E-state index in [9.17, 15) is 10.2 Å². The summed E-state index contributed by atoms with van der Waals surface area (Å²) in [6.07, 6.45) is -0.565. The number of ether oxygens (including phenoxy) is 1. The maximum Gasteiger partial charge on any atom is 0.127 e. The van der Waals surface area contributed by atoms with E-state index in [4.69, 9.17) is 4.74 Å². The number of phenols is 1. The highest BCUT2D eigenvalue weighted by atomic mass is 16.5. The molecule has 0 bridgehead atoms. The van der Waals surface area contributed by atoms with Crippen LogP contribution in [-0.4, -0.2) is 35.5 Å². The van der Waals surface area contributed by atoms with Crippen LogP contribution in [0.5, 0.6) is 11.5 Å². The largest absolute Gasteiger partial charge is 0.507 e. The zero-order chi connectivity index (χ0) is 14.5. The van der Waals surface area contributed by atoms with Crippen molar-refractivity contribution in [3.63, 3.8) is 0 Å². The number of nitrogens with one attached hydrogen (secondary N) is 1. The molecule has 2 aromatic rings. The third kappa shape index (κ3) is 3.62. The van der Waals surface area contributed by atoms with E-state index in [1.165, 1.54) is 0 Å². The predicted molar refractivity (Wildman–Crippen MR) is 80.3 cm³/mol. The van der Waals surface area contributed by atoms with Crippen LogP contribution in [0.4, 0.5) is 0 Å². The van der Waals surface area contributed by atoms with E-state index in [1.54, 1.807) is 12.1 Å². The number of hydrogen-bond donors (Lipinski definition) is 3. The lowest BCUT2D eigenvalue weighted by Crippen LogP contribution is -2.35. The van der Waals surface area contributed by atoms with Crippen molar-refractivity contribution in [1.29, 1.82) is 0 Å². The van der Waals surface area contributed by atoms with E-state index in [0.717, 1.165) is 10.8 Å². The van der Waals surface area contributed by atoms with Gasteiger partial charge < -0.3 is 20.3 Å². The second-order valence-corrected chi connectivity index (χ2v) is 5.16. The predicted octanol–water partition coefficient (Wildman–Crippen LogP) is 2.28. The van der Waals surface area contributed by atoms with Gasteiger partial charge in [0.05, 0.1) is 0 Å². The Morgan fingerprint density at radius 2 is 1.80 bits per heavy atom. The second-order valence-electron chi connectivity index (χ2n) is 5.16. The first-order valence-electron chi connectivity index (χ1n) is 6.83. The van der Waals surface area contributed by atoms with Gasteiger partial charge in [-0.15, -0.1) is 0 Å². The SMILES string of the molecule is CC(C)NCC(O)COc1ccc(O)c2ccccc12. The molecule has 4 nitrogen and oxygen atoms in total. The van der Waals surface area contributed by atoms with Crippen LogP contribution in [0.3, 0.4) is 0 Å². The molecule has 0 spiro atoms. The molecule has 0 saturated heterocycles. The van der Waals surface area contributed by atoms with Crippen LogP contribution in [0.15, 0.2) is 36.4 Å². The number of rotatable bonds is 6. The quantitative estimate of drug-likeness (QED) is 0.757. The highest BCUT2D eigenvalue weighted by molar-refractivity contribution is 5.92. The number of fused-ring (bicyclic) bond motifs is 1. The van der Waals surface area contributed by atoms with Crippen LogP contribution < -0.4 is 10.1 Å². The number of benzene rings is 2. The van der Waals surface area contributed by atoms with Gasteiger partial charge in [0.25, 0.3) is 0 Å². The number of phenolic OH excluding ortho intramolecular Hbond substituents is 1. The lowest BCUT2D eigenvalue weighted by Gasteiger charge is -2.16. The minimum absolute atomic E-state index is 0.217. The van der Waals surface area contributed by atoms with Crippen molar-refractivity contribution in [2.75, 3.05) is 13.2 Å². The normalized spacial score (nSPS) is 12.8. The molecule has 3 N–H and O–H groups in total. The molecule has 4 heteroatoms. The van der Waals surface area contributed by atoms with Crippen LogP contribution >= 0.6 is 0 Å². The molecular weight excluding hydrogens is 254 g/mol. The summed E-state index contributed by atoms with van der Waals surface area (Å²) in [5.74, 6) is 0.900. The van der Waals surface area contributed by atoms with E-state index >= 15 is 0 Å². The van der Waals surface area contributed by atoms with Crippen LogP contribution in [-0.2, 0) is 0 Å². The maximum absolute atomic E-state index is 9.85. The highest BCUT2D eigenvalue weighted by Gasteiger charge is 2.09. The average Bonchev–Trinajstić information content (AvgIpc) is 2.45. The Morgan fingerprint density at radius 1 is 1.10 bits per heavy atom. The van der Waals surface area contributed by atoms with Crippen molar-refractivity contribution in [1.82, 2.24) is 5.32 Å². The molecule has 0 fully saturated rings. The van der Waals surface area contributed by atoms with Crippen molar-refractivity contribution in [2.24, 2.45) is 0 Å². The molecule has 2 aromatic carbocycles. The van der Waals surface area contributed by atoms with E-state index in [-0.39, 0.29) is 12.4 Å². The zero-order valence-electron chi connectivity index (χ0n) is 11.8. The number of hydrogen-bond acceptors (Lipinski definition) is 4. The molecule has 2 rings (SSSR count). The van der Waals surface area contributed by atoms with Gasteiger partial charge in [-0.3, -0.25) is 0 Å². The fourth-order valence-corrected chi connectivity index (χ4v) is 2.00. The van der Waals surface area contributed by atoms with Gasteiger partial charge in [-0.2, -0.15) is 0 Å². The van der Waals surface area contributed by atoms with Gasteiger partial charge in [0.2, 0.25) is 0 Å². The average molecular weight is 275 g/mol. The molecule has 0 radical (unpaired) electrons. The Bertz CT molecular complexity index is 569. The first-order valence-corrected chi connectivity index (χ1v) is 6.83. The van der Waals surface area contributed by atoms with Gasteiger partial charge >= 0.3 is 0 Å². The van der Waals surface area contributed by atoms with Crippen molar-refractivity contribution in [2.45, 2.75) is 26.0 Å². The molecule has 1 unspecified atom stereocenters. The lowest BCUT2D eigenvalue weighted by molar-refractivity contribution is 0.105. The third-order valence-electron chi connectivity index (χ3n) is 3.05. The Balaban J connectivity index is 2.05. The van der Waals surface area contributed by atoms with Crippen molar-refractivity contribution in [3.8, 4) is 11.5 Å². The van der Waals surface area contributed by atoms with Gasteiger partial charge in [0.1, 0.15) is 24.2 Å². The summed E-state index contributed by atoms with van der Waals surface area (Å²) in [7, 11) is 0. The summed E-state index contributed by atoms with van der Waals surface area (Å²) < 4.78 is 5.67. The van der Waals surface area contributed by atoms with Crippen molar-refractivity contribution in [3.05, 3.63) is 36.4 Å². The summed E-state index contributed by atoms with van der Waals surface area (Å²) in [5, 5.41) is 24.4. The Morgan fingerprint density at radius 3 is 2.50 bits per heavy atom. The molecule has 0 aliphatic heterocycles. The number of aliphatic hydroxyl groups is 1. The van der Waals surface area contributed by atoms with Gasteiger partial charge in [0, 0.05) is 23.4 Å². The molecular formula is C16H21NO3. The molecule has 0 aromatic heterocycles. The summed E-state index contributed by atoms with van der Waals surface area (Å²) >= 11 is 0. The van der Waals surface area contributed by atoms with Crippen molar-refractivity contribution < 1.29 is 14.9 Å². The zero-order valence-corrected chi connectivity index (χ0v) is 11.8. The van der Waals surface area contributed by atoms with Gasteiger partial charge in [0.15, 0.2) is 0 Å². The highest BCUT2D eigenvalue weighted by Crippen LogP contribution is 2.32. The molecule has 0 aliphatic carbocycles. The van der Waals surface area contributed by atoms with Crippen LogP contribution in [0, 0.1) is 0 Å².